The first-order valence-corrected chi connectivity index (χ1v) is 8.42. The lowest BCUT2D eigenvalue weighted by molar-refractivity contribution is -0.137. The van der Waals surface area contributed by atoms with Crippen LogP contribution in [-0.4, -0.2) is 0 Å². The quantitative estimate of drug-likeness (QED) is 0.517. The number of benzene rings is 2. The van der Waals surface area contributed by atoms with E-state index in [-0.39, 0.29) is 17.4 Å². The molecule has 0 bridgehead atoms. The summed E-state index contributed by atoms with van der Waals surface area (Å²) in [5.74, 6) is 0.444. The average molecular weight is 385 g/mol. The molecular weight excluding hydrogens is 365 g/mol. The first-order chi connectivity index (χ1) is 10.6. The van der Waals surface area contributed by atoms with Gasteiger partial charge in [-0.1, -0.05) is 61.8 Å². The molecule has 23 heavy (non-hydrogen) atoms. The topological polar surface area (TPSA) is 0 Å². The standard InChI is InChI=1S/C19H20BrF3/c1-11(2)15-9-13(10-16(12(3)4)18(15)20)14-7-5-6-8-17(14)19(21,22)23/h5-12H,1-4H3. The largest absolute Gasteiger partial charge is 0.417 e. The van der Waals surface area contributed by atoms with Crippen LogP contribution in [0.2, 0.25) is 0 Å². The fraction of sp³-hybridized carbons (Fsp3) is 0.368. The number of hydrogen-bond donors (Lipinski definition) is 0. The predicted molar refractivity (Wildman–Crippen MR) is 92.8 cm³/mol. The molecule has 0 fully saturated rings. The van der Waals surface area contributed by atoms with Crippen LogP contribution in [-0.2, 0) is 6.18 Å². The zero-order chi connectivity index (χ0) is 17.4. The van der Waals surface area contributed by atoms with Crippen molar-refractivity contribution in [1.82, 2.24) is 0 Å². The van der Waals surface area contributed by atoms with Crippen molar-refractivity contribution in [1.29, 1.82) is 0 Å². The van der Waals surface area contributed by atoms with Crippen LogP contribution in [0.1, 0.15) is 56.2 Å². The highest BCUT2D eigenvalue weighted by molar-refractivity contribution is 9.10. The van der Waals surface area contributed by atoms with Crippen LogP contribution in [0.15, 0.2) is 40.9 Å². The number of hydrogen-bond acceptors (Lipinski definition) is 0. The van der Waals surface area contributed by atoms with Crippen LogP contribution < -0.4 is 0 Å². The van der Waals surface area contributed by atoms with E-state index in [0.717, 1.165) is 21.7 Å². The number of rotatable bonds is 3. The zero-order valence-corrected chi connectivity index (χ0v) is 15.2. The molecule has 124 valence electrons. The molecule has 0 spiro atoms. The van der Waals surface area contributed by atoms with Crippen LogP contribution in [0.4, 0.5) is 13.2 Å². The molecule has 2 rings (SSSR count). The second-order valence-electron chi connectivity index (χ2n) is 6.32. The number of alkyl halides is 3. The fourth-order valence-corrected chi connectivity index (χ4v) is 3.79. The first-order valence-electron chi connectivity index (χ1n) is 7.62. The molecule has 0 saturated carbocycles. The molecule has 0 aliphatic heterocycles. The van der Waals surface area contributed by atoms with Crippen molar-refractivity contribution in [3.05, 3.63) is 57.6 Å². The van der Waals surface area contributed by atoms with E-state index in [2.05, 4.69) is 15.9 Å². The Morgan fingerprint density at radius 3 is 1.78 bits per heavy atom. The third kappa shape index (κ3) is 3.79. The van der Waals surface area contributed by atoms with E-state index in [0.29, 0.717) is 5.56 Å². The molecule has 0 radical (unpaired) electrons. The molecule has 0 nitrogen and oxygen atoms in total. The second kappa shape index (κ2) is 6.68. The Kier molecular flexibility index (Phi) is 5.24. The van der Waals surface area contributed by atoms with Crippen LogP contribution in [0.25, 0.3) is 11.1 Å². The molecular formula is C19H20BrF3. The Balaban J connectivity index is 2.75. The lowest BCUT2D eigenvalue weighted by Gasteiger charge is -2.20. The van der Waals surface area contributed by atoms with Gasteiger partial charge in [0.15, 0.2) is 0 Å². The summed E-state index contributed by atoms with van der Waals surface area (Å²) in [6.45, 7) is 8.18. The maximum absolute atomic E-state index is 13.3. The van der Waals surface area contributed by atoms with Crippen molar-refractivity contribution in [3.8, 4) is 11.1 Å². The Morgan fingerprint density at radius 1 is 0.870 bits per heavy atom. The van der Waals surface area contributed by atoms with Gasteiger partial charge in [-0.15, -0.1) is 0 Å². The monoisotopic (exact) mass is 384 g/mol. The Hall–Kier alpha value is -1.29. The minimum absolute atomic E-state index is 0.222. The molecule has 2 aromatic rings. The third-order valence-corrected chi connectivity index (χ3v) is 4.83. The highest BCUT2D eigenvalue weighted by Crippen LogP contribution is 2.41. The van der Waals surface area contributed by atoms with Crippen LogP contribution in [0, 0.1) is 0 Å². The lowest BCUT2D eigenvalue weighted by Crippen LogP contribution is -2.07. The van der Waals surface area contributed by atoms with Gasteiger partial charge in [-0.3, -0.25) is 0 Å². The highest BCUT2D eigenvalue weighted by Gasteiger charge is 2.33. The maximum atomic E-state index is 13.3. The Morgan fingerprint density at radius 2 is 1.35 bits per heavy atom. The van der Waals surface area contributed by atoms with Crippen LogP contribution in [0.5, 0.6) is 0 Å². The van der Waals surface area contributed by atoms with Crippen LogP contribution >= 0.6 is 15.9 Å². The summed E-state index contributed by atoms with van der Waals surface area (Å²) in [7, 11) is 0. The van der Waals surface area contributed by atoms with Crippen molar-refractivity contribution in [3.63, 3.8) is 0 Å². The molecule has 0 aliphatic rings. The summed E-state index contributed by atoms with van der Waals surface area (Å²) in [6.07, 6.45) is -4.36. The molecule has 0 amide bonds. The Bertz CT molecular complexity index is 671. The minimum Gasteiger partial charge on any atom is -0.166 e. The molecule has 0 aliphatic carbocycles. The van der Waals surface area contributed by atoms with Crippen molar-refractivity contribution < 1.29 is 13.2 Å². The minimum atomic E-state index is -4.36. The molecule has 0 heterocycles. The van der Waals surface area contributed by atoms with E-state index in [1.165, 1.54) is 6.07 Å². The summed E-state index contributed by atoms with van der Waals surface area (Å²) in [5, 5.41) is 0. The SMILES string of the molecule is CC(C)c1cc(-c2ccccc2C(F)(F)F)cc(C(C)C)c1Br. The normalized spacial score (nSPS) is 12.3. The molecule has 0 N–H and O–H groups in total. The van der Waals surface area contributed by atoms with Gasteiger partial charge < -0.3 is 0 Å². The highest BCUT2D eigenvalue weighted by atomic mass is 79.9. The maximum Gasteiger partial charge on any atom is 0.417 e. The van der Waals surface area contributed by atoms with E-state index in [4.69, 9.17) is 0 Å². The molecule has 4 heteroatoms. The van der Waals surface area contributed by atoms with Crippen molar-refractivity contribution >= 4 is 15.9 Å². The van der Waals surface area contributed by atoms with Crippen molar-refractivity contribution in [2.24, 2.45) is 0 Å². The van der Waals surface area contributed by atoms with Gasteiger partial charge in [-0.2, -0.15) is 13.2 Å². The summed E-state index contributed by atoms with van der Waals surface area (Å²) in [6, 6.07) is 9.49. The molecule has 0 atom stereocenters. The lowest BCUT2D eigenvalue weighted by atomic mass is 9.89. The molecule has 0 aromatic heterocycles. The molecule has 0 saturated heterocycles. The van der Waals surface area contributed by atoms with Gasteiger partial charge in [0.1, 0.15) is 0 Å². The Labute approximate surface area is 143 Å². The molecule has 2 aromatic carbocycles. The van der Waals surface area contributed by atoms with Gasteiger partial charge in [0.05, 0.1) is 5.56 Å². The first kappa shape index (κ1) is 18.1. The van der Waals surface area contributed by atoms with Gasteiger partial charge in [0, 0.05) is 4.47 Å². The van der Waals surface area contributed by atoms with E-state index >= 15 is 0 Å². The fourth-order valence-electron chi connectivity index (χ4n) is 2.65. The van der Waals surface area contributed by atoms with E-state index < -0.39 is 11.7 Å². The predicted octanol–water partition coefficient (Wildman–Crippen LogP) is 7.38. The average Bonchev–Trinajstić information content (AvgIpc) is 2.46. The zero-order valence-electron chi connectivity index (χ0n) is 13.6. The van der Waals surface area contributed by atoms with E-state index in [1.807, 2.05) is 39.8 Å². The summed E-state index contributed by atoms with van der Waals surface area (Å²) in [4.78, 5) is 0. The van der Waals surface area contributed by atoms with E-state index in [9.17, 15) is 13.2 Å². The van der Waals surface area contributed by atoms with Crippen molar-refractivity contribution in [2.75, 3.05) is 0 Å². The summed E-state index contributed by atoms with van der Waals surface area (Å²) < 4.78 is 41.0. The summed E-state index contributed by atoms with van der Waals surface area (Å²) >= 11 is 3.62. The third-order valence-electron chi connectivity index (χ3n) is 3.92. The second-order valence-corrected chi connectivity index (χ2v) is 7.11. The van der Waals surface area contributed by atoms with Gasteiger partial charge in [-0.25, -0.2) is 0 Å². The van der Waals surface area contributed by atoms with Crippen LogP contribution in [0.3, 0.4) is 0 Å². The smallest absolute Gasteiger partial charge is 0.166 e. The summed E-state index contributed by atoms with van der Waals surface area (Å²) in [5.41, 5.74) is 2.32. The van der Waals surface area contributed by atoms with Crippen molar-refractivity contribution in [2.45, 2.75) is 45.7 Å². The van der Waals surface area contributed by atoms with Gasteiger partial charge in [0.2, 0.25) is 0 Å². The number of halogens is 4. The van der Waals surface area contributed by atoms with Gasteiger partial charge in [0.25, 0.3) is 0 Å². The van der Waals surface area contributed by atoms with E-state index in [1.54, 1.807) is 12.1 Å². The molecule has 0 unspecified atom stereocenters. The van der Waals surface area contributed by atoms with Gasteiger partial charge in [-0.05, 0) is 52.3 Å². The van der Waals surface area contributed by atoms with Gasteiger partial charge >= 0.3 is 6.18 Å².